The van der Waals surface area contributed by atoms with Crippen molar-refractivity contribution in [1.29, 1.82) is 0 Å². The van der Waals surface area contributed by atoms with Gasteiger partial charge in [-0.3, -0.25) is 0 Å². The van der Waals surface area contributed by atoms with Crippen LogP contribution in [0.2, 0.25) is 5.02 Å². The van der Waals surface area contributed by atoms with Gasteiger partial charge >= 0.3 is 0 Å². The zero-order valence-electron chi connectivity index (χ0n) is 10.7. The van der Waals surface area contributed by atoms with Crippen LogP contribution in [0.4, 0.5) is 0 Å². The number of hydrogen-bond acceptors (Lipinski definition) is 2. The second kappa shape index (κ2) is 7.36. The van der Waals surface area contributed by atoms with Gasteiger partial charge in [-0.25, -0.2) is 0 Å². The molecule has 0 fully saturated rings. The molecule has 0 aliphatic rings. The van der Waals surface area contributed by atoms with Gasteiger partial charge in [0.15, 0.2) is 0 Å². The normalized spacial score (nSPS) is 11.4. The van der Waals surface area contributed by atoms with Crippen LogP contribution >= 0.6 is 11.6 Å². The highest BCUT2D eigenvalue weighted by Crippen LogP contribution is 2.25. The summed E-state index contributed by atoms with van der Waals surface area (Å²) in [6.07, 6.45) is 5.25. The molecule has 3 heteroatoms. The smallest absolute Gasteiger partial charge is 0.138 e. The van der Waals surface area contributed by atoms with Crippen LogP contribution in [0.25, 0.3) is 6.08 Å². The molecule has 0 amide bonds. The zero-order valence-corrected chi connectivity index (χ0v) is 11.4. The zero-order chi connectivity index (χ0) is 12.7. The molecule has 0 heterocycles. The SMILES string of the molecule is COc1cc(C=CCCNC(C)C)ccc1Cl. The summed E-state index contributed by atoms with van der Waals surface area (Å²) in [5.74, 6) is 0.717. The van der Waals surface area contributed by atoms with Crippen LogP contribution in [-0.4, -0.2) is 19.7 Å². The molecule has 17 heavy (non-hydrogen) atoms. The predicted molar refractivity (Wildman–Crippen MR) is 74.8 cm³/mol. The Labute approximate surface area is 109 Å². The van der Waals surface area contributed by atoms with E-state index in [4.69, 9.17) is 16.3 Å². The number of hydrogen-bond donors (Lipinski definition) is 1. The first-order chi connectivity index (χ1) is 8.13. The molecule has 1 aromatic carbocycles. The molecular formula is C14H20ClNO. The lowest BCUT2D eigenvalue weighted by Gasteiger charge is -2.05. The van der Waals surface area contributed by atoms with E-state index in [1.54, 1.807) is 7.11 Å². The van der Waals surface area contributed by atoms with E-state index in [0.29, 0.717) is 16.8 Å². The monoisotopic (exact) mass is 253 g/mol. The quantitative estimate of drug-likeness (QED) is 0.780. The van der Waals surface area contributed by atoms with Crippen LogP contribution in [-0.2, 0) is 0 Å². The van der Waals surface area contributed by atoms with Gasteiger partial charge in [0, 0.05) is 6.04 Å². The molecule has 0 bridgehead atoms. The minimum atomic E-state index is 0.541. The molecule has 0 aromatic heterocycles. The van der Waals surface area contributed by atoms with Crippen molar-refractivity contribution >= 4 is 17.7 Å². The maximum atomic E-state index is 5.96. The van der Waals surface area contributed by atoms with Gasteiger partial charge in [0.1, 0.15) is 5.75 Å². The number of methoxy groups -OCH3 is 1. The van der Waals surface area contributed by atoms with Gasteiger partial charge in [0.25, 0.3) is 0 Å². The van der Waals surface area contributed by atoms with Gasteiger partial charge in [-0.15, -0.1) is 0 Å². The van der Waals surface area contributed by atoms with Crippen molar-refractivity contribution in [1.82, 2.24) is 5.32 Å². The van der Waals surface area contributed by atoms with Gasteiger partial charge in [-0.2, -0.15) is 0 Å². The maximum absolute atomic E-state index is 5.96. The fourth-order valence-corrected chi connectivity index (χ4v) is 1.65. The second-order valence-electron chi connectivity index (χ2n) is 4.19. The molecule has 0 aliphatic carbocycles. The fourth-order valence-electron chi connectivity index (χ4n) is 1.45. The highest BCUT2D eigenvalue weighted by Gasteiger charge is 1.99. The molecule has 0 saturated heterocycles. The van der Waals surface area contributed by atoms with Crippen LogP contribution < -0.4 is 10.1 Å². The number of ether oxygens (including phenoxy) is 1. The predicted octanol–water partition coefficient (Wildman–Crippen LogP) is 3.75. The Balaban J connectivity index is 2.48. The summed E-state index contributed by atoms with van der Waals surface area (Å²) in [4.78, 5) is 0. The molecule has 94 valence electrons. The Bertz CT molecular complexity index is 374. The molecule has 0 aliphatic heterocycles. The molecule has 1 aromatic rings. The molecule has 0 saturated carbocycles. The van der Waals surface area contributed by atoms with Crippen LogP contribution in [0, 0.1) is 0 Å². The summed E-state index contributed by atoms with van der Waals surface area (Å²) >= 11 is 5.96. The Hall–Kier alpha value is -0.990. The average molecular weight is 254 g/mol. The van der Waals surface area contributed by atoms with E-state index in [-0.39, 0.29) is 0 Å². The van der Waals surface area contributed by atoms with E-state index in [2.05, 4.69) is 31.3 Å². The largest absolute Gasteiger partial charge is 0.495 e. The topological polar surface area (TPSA) is 21.3 Å². The van der Waals surface area contributed by atoms with Crippen LogP contribution in [0.5, 0.6) is 5.75 Å². The molecular weight excluding hydrogens is 234 g/mol. The third-order valence-electron chi connectivity index (χ3n) is 2.35. The molecule has 0 radical (unpaired) electrons. The summed E-state index contributed by atoms with van der Waals surface area (Å²) in [7, 11) is 1.63. The first kappa shape index (κ1) is 14.1. The van der Waals surface area contributed by atoms with Gasteiger partial charge in [0.05, 0.1) is 12.1 Å². The van der Waals surface area contributed by atoms with E-state index in [9.17, 15) is 0 Å². The van der Waals surface area contributed by atoms with E-state index in [1.807, 2.05) is 18.2 Å². The summed E-state index contributed by atoms with van der Waals surface area (Å²) in [6.45, 7) is 5.29. The lowest BCUT2D eigenvalue weighted by molar-refractivity contribution is 0.415. The molecule has 0 spiro atoms. The Kier molecular flexibility index (Phi) is 6.09. The first-order valence-electron chi connectivity index (χ1n) is 5.87. The third kappa shape index (κ3) is 5.24. The van der Waals surface area contributed by atoms with Crippen molar-refractivity contribution in [3.05, 3.63) is 34.9 Å². The Morgan fingerprint density at radius 1 is 1.41 bits per heavy atom. The average Bonchev–Trinajstić information content (AvgIpc) is 2.30. The van der Waals surface area contributed by atoms with E-state index >= 15 is 0 Å². The number of halogens is 1. The van der Waals surface area contributed by atoms with Crippen molar-refractivity contribution < 1.29 is 4.74 Å². The second-order valence-corrected chi connectivity index (χ2v) is 4.60. The van der Waals surface area contributed by atoms with Crippen molar-refractivity contribution in [2.75, 3.05) is 13.7 Å². The summed E-state index contributed by atoms with van der Waals surface area (Å²) in [5.41, 5.74) is 1.11. The van der Waals surface area contributed by atoms with Crippen molar-refractivity contribution in [2.24, 2.45) is 0 Å². The number of rotatable bonds is 6. The molecule has 1 rings (SSSR count). The molecule has 0 atom stereocenters. The van der Waals surface area contributed by atoms with Crippen LogP contribution in [0.1, 0.15) is 25.8 Å². The number of nitrogens with one attached hydrogen (secondary N) is 1. The maximum Gasteiger partial charge on any atom is 0.138 e. The number of benzene rings is 1. The highest BCUT2D eigenvalue weighted by atomic mass is 35.5. The summed E-state index contributed by atoms with van der Waals surface area (Å²) in [6, 6.07) is 6.32. The van der Waals surface area contributed by atoms with Gasteiger partial charge in [-0.1, -0.05) is 43.7 Å². The van der Waals surface area contributed by atoms with Gasteiger partial charge in [0.2, 0.25) is 0 Å². The molecule has 1 N–H and O–H groups in total. The summed E-state index contributed by atoms with van der Waals surface area (Å²) in [5, 5.41) is 4.01. The summed E-state index contributed by atoms with van der Waals surface area (Å²) < 4.78 is 5.17. The minimum absolute atomic E-state index is 0.541. The Morgan fingerprint density at radius 2 is 2.18 bits per heavy atom. The Morgan fingerprint density at radius 3 is 2.82 bits per heavy atom. The first-order valence-corrected chi connectivity index (χ1v) is 6.24. The van der Waals surface area contributed by atoms with E-state index in [1.165, 1.54) is 0 Å². The fraction of sp³-hybridized carbons (Fsp3) is 0.429. The third-order valence-corrected chi connectivity index (χ3v) is 2.66. The lowest BCUT2D eigenvalue weighted by atomic mass is 10.2. The minimum Gasteiger partial charge on any atom is -0.495 e. The van der Waals surface area contributed by atoms with Gasteiger partial charge in [-0.05, 0) is 30.7 Å². The molecule has 2 nitrogen and oxygen atoms in total. The van der Waals surface area contributed by atoms with Crippen LogP contribution in [0.15, 0.2) is 24.3 Å². The lowest BCUT2D eigenvalue weighted by Crippen LogP contribution is -2.23. The standard InChI is InChI=1S/C14H20ClNO/c1-11(2)16-9-5-4-6-12-7-8-13(15)14(10-12)17-3/h4,6-8,10-11,16H,5,9H2,1-3H3. The van der Waals surface area contributed by atoms with E-state index in [0.717, 1.165) is 18.5 Å². The van der Waals surface area contributed by atoms with E-state index < -0.39 is 0 Å². The highest BCUT2D eigenvalue weighted by molar-refractivity contribution is 6.32. The van der Waals surface area contributed by atoms with Crippen molar-refractivity contribution in [3.63, 3.8) is 0 Å². The van der Waals surface area contributed by atoms with Crippen LogP contribution in [0.3, 0.4) is 0 Å². The van der Waals surface area contributed by atoms with Gasteiger partial charge < -0.3 is 10.1 Å². The van der Waals surface area contributed by atoms with Crippen molar-refractivity contribution in [3.8, 4) is 5.75 Å². The molecule has 0 unspecified atom stereocenters. The van der Waals surface area contributed by atoms with Crippen molar-refractivity contribution in [2.45, 2.75) is 26.3 Å².